The van der Waals surface area contributed by atoms with Gasteiger partial charge in [0, 0.05) is 15.4 Å². The van der Waals surface area contributed by atoms with Crippen molar-refractivity contribution in [3.8, 4) is 0 Å². The SMILES string of the molecule is C[C@@H](N)c1sc(Br)cc1Br. The first-order valence-electron chi connectivity index (χ1n) is 2.81. The third-order valence-corrected chi connectivity index (χ3v) is 3.85. The largest absolute Gasteiger partial charge is 0.323 e. The van der Waals surface area contributed by atoms with E-state index >= 15 is 0 Å². The molecular formula is C6H7Br2NS. The topological polar surface area (TPSA) is 26.0 Å². The van der Waals surface area contributed by atoms with Gasteiger partial charge in [-0.25, -0.2) is 0 Å². The van der Waals surface area contributed by atoms with E-state index in [0.29, 0.717) is 0 Å². The molecule has 0 unspecified atom stereocenters. The zero-order valence-corrected chi connectivity index (χ0v) is 9.38. The minimum absolute atomic E-state index is 0.116. The number of thiophene rings is 1. The van der Waals surface area contributed by atoms with E-state index in [2.05, 4.69) is 31.9 Å². The zero-order chi connectivity index (χ0) is 7.72. The maximum atomic E-state index is 5.69. The van der Waals surface area contributed by atoms with Gasteiger partial charge in [-0.05, 0) is 44.8 Å². The molecule has 1 rings (SSSR count). The highest BCUT2D eigenvalue weighted by atomic mass is 79.9. The summed E-state index contributed by atoms with van der Waals surface area (Å²) in [5, 5.41) is 0. The van der Waals surface area contributed by atoms with Gasteiger partial charge in [0.2, 0.25) is 0 Å². The Morgan fingerprint density at radius 2 is 2.20 bits per heavy atom. The second-order valence-electron chi connectivity index (χ2n) is 2.05. The Hall–Kier alpha value is 0.620. The second-order valence-corrected chi connectivity index (χ2v) is 5.37. The van der Waals surface area contributed by atoms with Crippen LogP contribution in [0.25, 0.3) is 0 Å². The van der Waals surface area contributed by atoms with E-state index in [1.807, 2.05) is 13.0 Å². The lowest BCUT2D eigenvalue weighted by Crippen LogP contribution is -2.02. The molecule has 56 valence electrons. The molecule has 10 heavy (non-hydrogen) atoms. The van der Waals surface area contributed by atoms with Crippen molar-refractivity contribution in [2.45, 2.75) is 13.0 Å². The van der Waals surface area contributed by atoms with Gasteiger partial charge in [-0.15, -0.1) is 11.3 Å². The molecule has 0 aliphatic heterocycles. The number of hydrogen-bond acceptors (Lipinski definition) is 2. The van der Waals surface area contributed by atoms with Crippen molar-refractivity contribution in [3.63, 3.8) is 0 Å². The predicted molar refractivity (Wildman–Crippen MR) is 52.3 cm³/mol. The molecule has 1 nitrogen and oxygen atoms in total. The van der Waals surface area contributed by atoms with E-state index in [9.17, 15) is 0 Å². The van der Waals surface area contributed by atoms with Crippen molar-refractivity contribution in [1.29, 1.82) is 0 Å². The summed E-state index contributed by atoms with van der Waals surface area (Å²) in [6, 6.07) is 2.13. The molecule has 0 amide bonds. The minimum atomic E-state index is 0.116. The second kappa shape index (κ2) is 3.34. The summed E-state index contributed by atoms with van der Waals surface area (Å²) in [5.41, 5.74) is 5.69. The van der Waals surface area contributed by atoms with Gasteiger partial charge in [-0.3, -0.25) is 0 Å². The number of hydrogen-bond donors (Lipinski definition) is 1. The Morgan fingerprint density at radius 3 is 2.40 bits per heavy atom. The zero-order valence-electron chi connectivity index (χ0n) is 5.40. The smallest absolute Gasteiger partial charge is 0.0713 e. The molecule has 1 atom stereocenters. The maximum absolute atomic E-state index is 5.69. The Balaban J connectivity index is 3.03. The minimum Gasteiger partial charge on any atom is -0.323 e. The standard InChI is InChI=1S/C6H7Br2NS/c1-3(9)6-4(7)2-5(8)10-6/h2-3H,9H2,1H3/t3-/m1/s1. The van der Waals surface area contributed by atoms with E-state index in [0.717, 1.165) is 8.26 Å². The van der Waals surface area contributed by atoms with Gasteiger partial charge in [0.05, 0.1) is 3.79 Å². The highest BCUT2D eigenvalue weighted by Crippen LogP contribution is 2.34. The quantitative estimate of drug-likeness (QED) is 0.841. The van der Waals surface area contributed by atoms with Crippen molar-refractivity contribution in [2.75, 3.05) is 0 Å². The fourth-order valence-electron chi connectivity index (χ4n) is 0.664. The molecule has 0 saturated heterocycles. The predicted octanol–water partition coefficient (Wildman–Crippen LogP) is 3.29. The molecule has 0 spiro atoms. The van der Waals surface area contributed by atoms with Crippen LogP contribution >= 0.6 is 43.2 Å². The van der Waals surface area contributed by atoms with E-state index in [1.165, 1.54) is 4.88 Å². The summed E-state index contributed by atoms with van der Waals surface area (Å²) < 4.78 is 2.21. The molecule has 0 saturated carbocycles. The lowest BCUT2D eigenvalue weighted by molar-refractivity contribution is 0.834. The van der Waals surface area contributed by atoms with Gasteiger partial charge < -0.3 is 5.73 Å². The molecule has 0 aliphatic carbocycles. The molecule has 0 radical (unpaired) electrons. The van der Waals surface area contributed by atoms with Crippen LogP contribution in [0, 0.1) is 0 Å². The third kappa shape index (κ3) is 1.81. The van der Waals surface area contributed by atoms with Crippen molar-refractivity contribution < 1.29 is 0 Å². The van der Waals surface area contributed by atoms with E-state index in [1.54, 1.807) is 11.3 Å². The van der Waals surface area contributed by atoms with Crippen LogP contribution in [0.15, 0.2) is 14.3 Å². The summed E-state index contributed by atoms with van der Waals surface area (Å²) in [4.78, 5) is 1.19. The fraction of sp³-hybridized carbons (Fsp3) is 0.333. The van der Waals surface area contributed by atoms with Crippen molar-refractivity contribution in [1.82, 2.24) is 0 Å². The first kappa shape index (κ1) is 8.71. The number of nitrogens with two attached hydrogens (primary N) is 1. The Morgan fingerprint density at radius 1 is 1.60 bits per heavy atom. The molecule has 1 aromatic rings. The van der Waals surface area contributed by atoms with Gasteiger partial charge in [0.25, 0.3) is 0 Å². The Labute approximate surface area is 80.9 Å². The molecule has 4 heteroatoms. The molecule has 1 heterocycles. The van der Waals surface area contributed by atoms with Crippen LogP contribution in [-0.4, -0.2) is 0 Å². The highest BCUT2D eigenvalue weighted by Gasteiger charge is 2.08. The van der Waals surface area contributed by atoms with Gasteiger partial charge in [0.1, 0.15) is 0 Å². The summed E-state index contributed by atoms with van der Waals surface area (Å²) in [6.45, 7) is 1.98. The molecule has 1 aromatic heterocycles. The number of rotatable bonds is 1. The van der Waals surface area contributed by atoms with Crippen LogP contribution in [0.3, 0.4) is 0 Å². The van der Waals surface area contributed by atoms with Crippen LogP contribution in [-0.2, 0) is 0 Å². The van der Waals surface area contributed by atoms with Gasteiger partial charge >= 0.3 is 0 Å². The van der Waals surface area contributed by atoms with Gasteiger partial charge in [-0.2, -0.15) is 0 Å². The lowest BCUT2D eigenvalue weighted by atomic mass is 10.3. The molecule has 0 aliphatic rings. The van der Waals surface area contributed by atoms with Crippen molar-refractivity contribution in [2.24, 2.45) is 5.73 Å². The molecule has 2 N–H and O–H groups in total. The van der Waals surface area contributed by atoms with Crippen LogP contribution in [0.4, 0.5) is 0 Å². The number of halogens is 2. The Bertz CT molecular complexity index is 232. The lowest BCUT2D eigenvalue weighted by Gasteiger charge is -1.99. The van der Waals surface area contributed by atoms with E-state index in [-0.39, 0.29) is 6.04 Å². The third-order valence-electron chi connectivity index (χ3n) is 1.10. The summed E-state index contributed by atoms with van der Waals surface area (Å²) >= 11 is 8.47. The van der Waals surface area contributed by atoms with Gasteiger partial charge in [0.15, 0.2) is 0 Å². The van der Waals surface area contributed by atoms with Crippen LogP contribution in [0.5, 0.6) is 0 Å². The molecular weight excluding hydrogens is 278 g/mol. The fourth-order valence-corrected chi connectivity index (χ4v) is 3.44. The van der Waals surface area contributed by atoms with Crippen LogP contribution in [0.2, 0.25) is 0 Å². The van der Waals surface area contributed by atoms with Crippen LogP contribution in [0.1, 0.15) is 17.8 Å². The first-order valence-corrected chi connectivity index (χ1v) is 5.22. The summed E-state index contributed by atoms with van der Waals surface area (Å²) in [6.07, 6.45) is 0. The van der Waals surface area contributed by atoms with E-state index < -0.39 is 0 Å². The Kier molecular flexibility index (Phi) is 2.91. The average Bonchev–Trinajstić information content (AvgIpc) is 2.10. The van der Waals surface area contributed by atoms with Gasteiger partial charge in [-0.1, -0.05) is 0 Å². The maximum Gasteiger partial charge on any atom is 0.0713 e. The molecule has 0 fully saturated rings. The summed E-state index contributed by atoms with van der Waals surface area (Å²) in [7, 11) is 0. The normalized spacial score (nSPS) is 13.6. The molecule has 0 bridgehead atoms. The van der Waals surface area contributed by atoms with Crippen molar-refractivity contribution in [3.05, 3.63) is 19.2 Å². The monoisotopic (exact) mass is 283 g/mol. The molecule has 0 aromatic carbocycles. The van der Waals surface area contributed by atoms with Crippen molar-refractivity contribution >= 4 is 43.2 Å². The first-order chi connectivity index (χ1) is 4.61. The summed E-state index contributed by atoms with van der Waals surface area (Å²) in [5.74, 6) is 0. The average molecular weight is 285 g/mol. The van der Waals surface area contributed by atoms with E-state index in [4.69, 9.17) is 5.73 Å². The van der Waals surface area contributed by atoms with Crippen LogP contribution < -0.4 is 5.73 Å². The highest BCUT2D eigenvalue weighted by molar-refractivity contribution is 9.11.